The quantitative estimate of drug-likeness (QED) is 0.369. The van der Waals surface area contributed by atoms with Gasteiger partial charge in [0.05, 0.1) is 6.10 Å². The van der Waals surface area contributed by atoms with Gasteiger partial charge in [-0.15, -0.1) is 0 Å². The van der Waals surface area contributed by atoms with Crippen molar-refractivity contribution in [2.24, 2.45) is 0 Å². The van der Waals surface area contributed by atoms with Crippen LogP contribution < -0.4 is 5.32 Å². The Morgan fingerprint density at radius 3 is 1.80 bits per heavy atom. The first-order valence-corrected chi connectivity index (χ1v) is 4.59. The molecule has 2 saturated heterocycles. The van der Waals surface area contributed by atoms with Crippen molar-refractivity contribution in [2.45, 2.75) is 12.1 Å². The molecule has 0 amide bonds. The lowest BCUT2D eigenvalue weighted by Gasteiger charge is -2.46. The summed E-state index contributed by atoms with van der Waals surface area (Å²) in [4.78, 5) is 20.5. The molecule has 7 nitrogen and oxygen atoms in total. The molecule has 15 heavy (non-hydrogen) atoms. The third-order valence-electron chi connectivity index (χ3n) is 2.35. The molecular weight excluding hydrogens is 204 g/mol. The number of aliphatic hydroxyl groups is 1. The molecule has 2 heterocycles. The molecule has 86 valence electrons. The van der Waals surface area contributed by atoms with Gasteiger partial charge in [0.25, 0.3) is 0 Å². The van der Waals surface area contributed by atoms with Crippen molar-refractivity contribution in [2.75, 3.05) is 26.2 Å². The molecule has 0 aromatic rings. The van der Waals surface area contributed by atoms with Crippen LogP contribution in [-0.4, -0.2) is 70.5 Å². The molecule has 2 aliphatic heterocycles. The Balaban J connectivity index is 0.000000167. The molecule has 0 saturated carbocycles. The number of rotatable bonds is 1. The van der Waals surface area contributed by atoms with Gasteiger partial charge in [-0.2, -0.15) is 0 Å². The summed E-state index contributed by atoms with van der Waals surface area (Å²) in [6.07, 6.45) is -0.0365. The summed E-state index contributed by atoms with van der Waals surface area (Å²) < 4.78 is 0. The fourth-order valence-corrected chi connectivity index (χ4v) is 1.32. The van der Waals surface area contributed by atoms with E-state index < -0.39 is 11.9 Å². The van der Waals surface area contributed by atoms with Gasteiger partial charge in [-0.25, -0.2) is 9.59 Å². The maximum atomic E-state index is 9.10. The second kappa shape index (κ2) is 5.06. The Kier molecular flexibility index (Phi) is 4.01. The van der Waals surface area contributed by atoms with E-state index in [-0.39, 0.29) is 6.10 Å². The summed E-state index contributed by atoms with van der Waals surface area (Å²) in [5, 5.41) is 26.9. The fraction of sp³-hybridized carbons (Fsp3) is 0.750. The lowest BCUT2D eigenvalue weighted by atomic mass is 10.0. The van der Waals surface area contributed by atoms with Gasteiger partial charge in [0.2, 0.25) is 0 Å². The predicted molar refractivity (Wildman–Crippen MR) is 49.5 cm³/mol. The fourth-order valence-electron chi connectivity index (χ4n) is 1.32. The maximum Gasteiger partial charge on any atom is 0.414 e. The SMILES string of the molecule is O=C(O)C(=O)O.OC1CN(C2CNC2)C1. The van der Waals surface area contributed by atoms with Gasteiger partial charge < -0.3 is 20.6 Å². The summed E-state index contributed by atoms with van der Waals surface area (Å²) in [7, 11) is 0. The second-order valence-corrected chi connectivity index (χ2v) is 3.53. The third-order valence-corrected chi connectivity index (χ3v) is 2.35. The molecule has 0 atom stereocenters. The number of hydrogen-bond donors (Lipinski definition) is 4. The molecule has 0 aromatic heterocycles. The molecule has 2 fully saturated rings. The first-order chi connectivity index (χ1) is 7.00. The number of nitrogens with zero attached hydrogens (tertiary/aromatic N) is 1. The number of nitrogens with one attached hydrogen (secondary N) is 1. The Hall–Kier alpha value is -1.18. The number of β-amino-alcohol motifs (C(OH)–C–C–N with tert-alkyl or cyclic N) is 1. The predicted octanol–water partition coefficient (Wildman–Crippen LogP) is -2.21. The van der Waals surface area contributed by atoms with E-state index in [0.29, 0.717) is 0 Å². The van der Waals surface area contributed by atoms with Crippen LogP contribution in [0.15, 0.2) is 0 Å². The van der Waals surface area contributed by atoms with Crippen molar-refractivity contribution < 1.29 is 24.9 Å². The summed E-state index contributed by atoms with van der Waals surface area (Å²) in [5.41, 5.74) is 0. The van der Waals surface area contributed by atoms with Gasteiger partial charge in [-0.05, 0) is 0 Å². The molecule has 0 unspecified atom stereocenters. The number of carboxylic acid groups (broad SMARTS) is 2. The van der Waals surface area contributed by atoms with Crippen LogP contribution >= 0.6 is 0 Å². The number of hydrogen-bond acceptors (Lipinski definition) is 5. The number of carbonyl (C=O) groups is 2. The van der Waals surface area contributed by atoms with E-state index >= 15 is 0 Å². The monoisotopic (exact) mass is 218 g/mol. The Bertz CT molecular complexity index is 235. The minimum atomic E-state index is -1.82. The van der Waals surface area contributed by atoms with Gasteiger partial charge in [0.15, 0.2) is 0 Å². The highest BCUT2D eigenvalue weighted by atomic mass is 16.4. The van der Waals surface area contributed by atoms with Crippen LogP contribution in [-0.2, 0) is 9.59 Å². The average Bonchev–Trinajstić information content (AvgIpc) is 1.99. The van der Waals surface area contributed by atoms with Crippen molar-refractivity contribution in [3.05, 3.63) is 0 Å². The van der Waals surface area contributed by atoms with Gasteiger partial charge in [0.1, 0.15) is 0 Å². The van der Waals surface area contributed by atoms with Crippen LogP contribution in [0, 0.1) is 0 Å². The zero-order valence-corrected chi connectivity index (χ0v) is 8.09. The molecule has 7 heteroatoms. The molecule has 0 aromatic carbocycles. The Labute approximate surface area is 86.3 Å². The first-order valence-electron chi connectivity index (χ1n) is 4.59. The number of likely N-dealkylation sites (tertiary alicyclic amines) is 1. The van der Waals surface area contributed by atoms with Gasteiger partial charge in [0, 0.05) is 32.2 Å². The van der Waals surface area contributed by atoms with Gasteiger partial charge in [-0.1, -0.05) is 0 Å². The van der Waals surface area contributed by atoms with E-state index in [9.17, 15) is 0 Å². The second-order valence-electron chi connectivity index (χ2n) is 3.53. The molecule has 0 aliphatic carbocycles. The third kappa shape index (κ3) is 3.46. The van der Waals surface area contributed by atoms with Crippen LogP contribution in [0.3, 0.4) is 0 Å². The maximum absolute atomic E-state index is 9.10. The highest BCUT2D eigenvalue weighted by Crippen LogP contribution is 2.14. The topological polar surface area (TPSA) is 110 Å². The van der Waals surface area contributed by atoms with Crippen LogP contribution in [0.2, 0.25) is 0 Å². The van der Waals surface area contributed by atoms with Crippen molar-refractivity contribution in [3.63, 3.8) is 0 Å². The normalized spacial score (nSPS) is 21.9. The molecule has 4 N–H and O–H groups in total. The molecule has 0 radical (unpaired) electrons. The minimum absolute atomic E-state index is 0.0365. The highest BCUT2D eigenvalue weighted by molar-refractivity contribution is 6.27. The lowest BCUT2D eigenvalue weighted by molar-refractivity contribution is -0.159. The van der Waals surface area contributed by atoms with E-state index in [1.54, 1.807) is 0 Å². The summed E-state index contributed by atoms with van der Waals surface area (Å²) in [5.74, 6) is -3.65. The number of aliphatic hydroxyl groups excluding tert-OH is 1. The molecule has 0 bridgehead atoms. The van der Waals surface area contributed by atoms with E-state index in [1.165, 1.54) is 0 Å². The standard InChI is InChI=1S/C6H12N2O.C2H2O4/c9-6-3-8(4-6)5-1-7-2-5;3-1(4)2(5)6/h5-7,9H,1-4H2;(H,3,4)(H,5,6). The van der Waals surface area contributed by atoms with E-state index in [0.717, 1.165) is 32.2 Å². The average molecular weight is 218 g/mol. The Morgan fingerprint density at radius 2 is 1.60 bits per heavy atom. The van der Waals surface area contributed by atoms with Crippen molar-refractivity contribution in [3.8, 4) is 0 Å². The van der Waals surface area contributed by atoms with E-state index in [2.05, 4.69) is 10.2 Å². The zero-order chi connectivity index (χ0) is 11.4. The van der Waals surface area contributed by atoms with Crippen LogP contribution in [0.25, 0.3) is 0 Å². The van der Waals surface area contributed by atoms with Crippen LogP contribution in [0.5, 0.6) is 0 Å². The van der Waals surface area contributed by atoms with Crippen LogP contribution in [0.4, 0.5) is 0 Å². The largest absolute Gasteiger partial charge is 0.473 e. The lowest BCUT2D eigenvalue weighted by Crippen LogP contribution is -2.65. The molecular formula is C8H14N2O5. The van der Waals surface area contributed by atoms with Gasteiger partial charge >= 0.3 is 11.9 Å². The van der Waals surface area contributed by atoms with Crippen molar-refractivity contribution >= 4 is 11.9 Å². The zero-order valence-electron chi connectivity index (χ0n) is 8.09. The Morgan fingerprint density at radius 1 is 1.13 bits per heavy atom. The molecule has 0 spiro atoms. The highest BCUT2D eigenvalue weighted by Gasteiger charge is 2.33. The molecule has 2 aliphatic rings. The first kappa shape index (κ1) is 11.9. The van der Waals surface area contributed by atoms with E-state index in [1.807, 2.05) is 0 Å². The van der Waals surface area contributed by atoms with Crippen LogP contribution in [0.1, 0.15) is 0 Å². The number of aliphatic carboxylic acids is 2. The molecule has 2 rings (SSSR count). The van der Waals surface area contributed by atoms with Crippen molar-refractivity contribution in [1.29, 1.82) is 0 Å². The minimum Gasteiger partial charge on any atom is -0.473 e. The number of carboxylic acids is 2. The summed E-state index contributed by atoms with van der Waals surface area (Å²) in [6.45, 7) is 4.03. The van der Waals surface area contributed by atoms with Gasteiger partial charge in [-0.3, -0.25) is 4.90 Å². The summed E-state index contributed by atoms with van der Waals surface area (Å²) in [6, 6.07) is 0.730. The smallest absolute Gasteiger partial charge is 0.414 e. The summed E-state index contributed by atoms with van der Waals surface area (Å²) >= 11 is 0. The van der Waals surface area contributed by atoms with E-state index in [4.69, 9.17) is 24.9 Å². The van der Waals surface area contributed by atoms with Crippen molar-refractivity contribution in [1.82, 2.24) is 10.2 Å².